The number of nitrogens with zero attached hydrogens (tertiary/aromatic N) is 3. The first-order valence-corrected chi connectivity index (χ1v) is 12.6. The van der Waals surface area contributed by atoms with Crippen LogP contribution in [-0.2, 0) is 4.79 Å². The molecule has 182 valence electrons. The summed E-state index contributed by atoms with van der Waals surface area (Å²) in [6.45, 7) is 7.91. The van der Waals surface area contributed by atoms with Gasteiger partial charge in [-0.15, -0.1) is 0 Å². The molecule has 0 saturated carbocycles. The van der Waals surface area contributed by atoms with Crippen LogP contribution in [0.15, 0.2) is 90.8 Å². The number of carbonyl (C=O) groups is 1. The molecular formula is C30H36N4O. The average molecular weight is 469 g/mol. The van der Waals surface area contributed by atoms with Gasteiger partial charge < -0.3 is 10.2 Å². The van der Waals surface area contributed by atoms with E-state index < -0.39 is 0 Å². The summed E-state index contributed by atoms with van der Waals surface area (Å²) in [6, 6.07) is 25.8. The van der Waals surface area contributed by atoms with Crippen LogP contribution in [0, 0.1) is 0 Å². The van der Waals surface area contributed by atoms with Crippen LogP contribution < -0.4 is 5.32 Å². The summed E-state index contributed by atoms with van der Waals surface area (Å²) < 4.78 is 0. The van der Waals surface area contributed by atoms with E-state index in [0.29, 0.717) is 18.2 Å². The maximum absolute atomic E-state index is 12.3. The van der Waals surface area contributed by atoms with E-state index in [4.69, 9.17) is 0 Å². The summed E-state index contributed by atoms with van der Waals surface area (Å²) >= 11 is 0. The minimum absolute atomic E-state index is 0.00432. The maximum Gasteiger partial charge on any atom is 0.246 e. The third kappa shape index (κ3) is 7.35. The number of hydrogen-bond donors (Lipinski definition) is 1. The maximum atomic E-state index is 12.3. The third-order valence-corrected chi connectivity index (χ3v) is 6.62. The summed E-state index contributed by atoms with van der Waals surface area (Å²) in [5.74, 6) is -0.00432. The average Bonchev–Trinajstić information content (AvgIpc) is 2.91. The molecule has 3 aromatic rings. The molecule has 0 atom stereocenters. The SMILES string of the molecule is C/C(=C\c1cccnc1)C(=O)NCCCCN1CCN(C(c2ccccc2)c2ccccc2)CC1. The van der Waals surface area contributed by atoms with E-state index in [9.17, 15) is 4.79 Å². The summed E-state index contributed by atoms with van der Waals surface area (Å²) in [4.78, 5) is 21.6. The molecule has 0 unspecified atom stereocenters. The monoisotopic (exact) mass is 468 g/mol. The number of rotatable bonds is 10. The van der Waals surface area contributed by atoms with Crippen LogP contribution in [0.1, 0.15) is 42.5 Å². The van der Waals surface area contributed by atoms with Gasteiger partial charge in [-0.1, -0.05) is 66.7 Å². The van der Waals surface area contributed by atoms with E-state index in [1.54, 1.807) is 12.4 Å². The second-order valence-corrected chi connectivity index (χ2v) is 9.18. The first kappa shape index (κ1) is 24.8. The van der Waals surface area contributed by atoms with Gasteiger partial charge in [0.1, 0.15) is 0 Å². The van der Waals surface area contributed by atoms with E-state index in [0.717, 1.165) is 51.1 Å². The van der Waals surface area contributed by atoms with E-state index in [1.807, 2.05) is 25.1 Å². The van der Waals surface area contributed by atoms with Gasteiger partial charge in [0.25, 0.3) is 0 Å². The normalized spacial score (nSPS) is 15.3. The molecule has 0 aliphatic carbocycles. The lowest BCUT2D eigenvalue weighted by atomic mass is 9.96. The van der Waals surface area contributed by atoms with Gasteiger partial charge in [-0.2, -0.15) is 0 Å². The van der Waals surface area contributed by atoms with Gasteiger partial charge >= 0.3 is 0 Å². The zero-order valence-corrected chi connectivity index (χ0v) is 20.6. The number of aromatic nitrogens is 1. The summed E-state index contributed by atoms with van der Waals surface area (Å²) in [5.41, 5.74) is 4.37. The van der Waals surface area contributed by atoms with Crippen molar-refractivity contribution < 1.29 is 4.79 Å². The van der Waals surface area contributed by atoms with E-state index in [1.165, 1.54) is 11.1 Å². The van der Waals surface area contributed by atoms with Crippen molar-refractivity contribution in [1.29, 1.82) is 0 Å². The van der Waals surface area contributed by atoms with Crippen LogP contribution in [-0.4, -0.2) is 60.0 Å². The Morgan fingerprint density at radius 1 is 0.914 bits per heavy atom. The molecule has 0 spiro atoms. The summed E-state index contributed by atoms with van der Waals surface area (Å²) in [5, 5.41) is 3.04. The number of piperazine rings is 1. The molecule has 5 heteroatoms. The smallest absolute Gasteiger partial charge is 0.246 e. The largest absolute Gasteiger partial charge is 0.352 e. The van der Waals surface area contributed by atoms with Crippen LogP contribution in [0.5, 0.6) is 0 Å². The zero-order valence-electron chi connectivity index (χ0n) is 20.6. The lowest BCUT2D eigenvalue weighted by Crippen LogP contribution is -2.48. The minimum atomic E-state index is -0.00432. The minimum Gasteiger partial charge on any atom is -0.352 e. The second kappa shape index (κ2) is 13.0. The van der Waals surface area contributed by atoms with Crippen LogP contribution in [0.3, 0.4) is 0 Å². The van der Waals surface area contributed by atoms with Crippen molar-refractivity contribution in [2.24, 2.45) is 0 Å². The Bertz CT molecular complexity index is 1020. The molecule has 0 bridgehead atoms. The molecule has 0 radical (unpaired) electrons. The Kier molecular flexibility index (Phi) is 9.21. The van der Waals surface area contributed by atoms with Gasteiger partial charge in [0.05, 0.1) is 6.04 Å². The fraction of sp³-hybridized carbons (Fsp3) is 0.333. The molecule has 35 heavy (non-hydrogen) atoms. The van der Waals surface area contributed by atoms with Crippen LogP contribution in [0.2, 0.25) is 0 Å². The lowest BCUT2D eigenvalue weighted by Gasteiger charge is -2.39. The summed E-state index contributed by atoms with van der Waals surface area (Å²) in [7, 11) is 0. The van der Waals surface area contributed by atoms with Crippen molar-refractivity contribution in [1.82, 2.24) is 20.1 Å². The van der Waals surface area contributed by atoms with Gasteiger partial charge in [0.15, 0.2) is 0 Å². The molecule has 4 rings (SSSR count). The van der Waals surface area contributed by atoms with Gasteiger partial charge in [0.2, 0.25) is 5.91 Å². The summed E-state index contributed by atoms with van der Waals surface area (Å²) in [6.07, 6.45) is 7.45. The highest BCUT2D eigenvalue weighted by Gasteiger charge is 2.26. The molecule has 5 nitrogen and oxygen atoms in total. The highest BCUT2D eigenvalue weighted by molar-refractivity contribution is 5.97. The predicted molar refractivity (Wildman–Crippen MR) is 143 cm³/mol. The molecular weight excluding hydrogens is 432 g/mol. The fourth-order valence-electron chi connectivity index (χ4n) is 4.71. The molecule has 1 amide bonds. The standard InChI is InChI=1S/C30H36N4O/c1-25(23-26-11-10-16-31-24-26)30(35)32-17-8-9-18-33-19-21-34(22-20-33)29(27-12-4-2-5-13-27)28-14-6-3-7-15-28/h2-7,10-16,23-24,29H,8-9,17-22H2,1H3,(H,32,35)/b25-23+. The Hall–Kier alpha value is -3.28. The van der Waals surface area contributed by atoms with Crippen LogP contribution in [0.4, 0.5) is 0 Å². The van der Waals surface area contributed by atoms with Gasteiger partial charge in [-0.05, 0) is 55.1 Å². The zero-order chi connectivity index (χ0) is 24.3. The molecule has 1 aliphatic rings. The Morgan fingerprint density at radius 3 is 2.17 bits per heavy atom. The molecule has 2 aromatic carbocycles. The van der Waals surface area contributed by atoms with Crippen molar-refractivity contribution in [3.63, 3.8) is 0 Å². The number of nitrogens with one attached hydrogen (secondary N) is 1. The highest BCUT2D eigenvalue weighted by Crippen LogP contribution is 2.29. The quantitative estimate of drug-likeness (QED) is 0.343. The van der Waals surface area contributed by atoms with E-state index in [2.05, 4.69) is 80.8 Å². The molecule has 2 heterocycles. The second-order valence-electron chi connectivity index (χ2n) is 9.18. The van der Waals surface area contributed by atoms with E-state index in [-0.39, 0.29) is 5.91 Å². The topological polar surface area (TPSA) is 48.5 Å². The van der Waals surface area contributed by atoms with Gasteiger partial charge in [-0.25, -0.2) is 0 Å². The van der Waals surface area contributed by atoms with Crippen molar-refractivity contribution in [3.05, 3.63) is 107 Å². The number of benzene rings is 2. The van der Waals surface area contributed by atoms with Crippen LogP contribution in [0.25, 0.3) is 6.08 Å². The number of unbranched alkanes of at least 4 members (excludes halogenated alkanes) is 1. The molecule has 1 aromatic heterocycles. The highest BCUT2D eigenvalue weighted by atomic mass is 16.1. The third-order valence-electron chi connectivity index (χ3n) is 6.62. The number of carbonyl (C=O) groups excluding carboxylic acids is 1. The van der Waals surface area contributed by atoms with Crippen molar-refractivity contribution in [2.75, 3.05) is 39.3 Å². The molecule has 1 aliphatic heterocycles. The first-order chi connectivity index (χ1) is 17.2. The molecule has 1 saturated heterocycles. The van der Waals surface area contributed by atoms with Gasteiger partial charge in [0, 0.05) is 50.7 Å². The Balaban J connectivity index is 1.19. The number of amides is 1. The Morgan fingerprint density at radius 2 is 1.57 bits per heavy atom. The van der Waals surface area contributed by atoms with E-state index >= 15 is 0 Å². The predicted octanol–water partition coefficient (Wildman–Crippen LogP) is 4.79. The van der Waals surface area contributed by atoms with Crippen LogP contribution >= 0.6 is 0 Å². The number of hydrogen-bond acceptors (Lipinski definition) is 4. The lowest BCUT2D eigenvalue weighted by molar-refractivity contribution is -0.117. The van der Waals surface area contributed by atoms with Gasteiger partial charge in [-0.3, -0.25) is 14.7 Å². The number of pyridine rings is 1. The Labute approximate surface area is 209 Å². The van der Waals surface area contributed by atoms with Crippen molar-refractivity contribution in [3.8, 4) is 0 Å². The van der Waals surface area contributed by atoms with Crippen molar-refractivity contribution >= 4 is 12.0 Å². The molecule has 1 fully saturated rings. The van der Waals surface area contributed by atoms with Crippen molar-refractivity contribution in [2.45, 2.75) is 25.8 Å². The first-order valence-electron chi connectivity index (χ1n) is 12.6. The molecule has 1 N–H and O–H groups in total. The fourth-order valence-corrected chi connectivity index (χ4v) is 4.71.